The number of β-amino-alcohol motifs (C(OH)–C–C–N with tert-alkyl or cyclic N) is 1. The third kappa shape index (κ3) is 3.42. The summed E-state index contributed by atoms with van der Waals surface area (Å²) < 4.78 is 1.96. The second-order valence-electron chi connectivity index (χ2n) is 8.08. The van der Waals surface area contributed by atoms with Crippen molar-refractivity contribution in [2.45, 2.75) is 18.9 Å². The van der Waals surface area contributed by atoms with Gasteiger partial charge in [0, 0.05) is 42.6 Å². The predicted molar refractivity (Wildman–Crippen MR) is 123 cm³/mol. The van der Waals surface area contributed by atoms with Gasteiger partial charge in [0.05, 0.1) is 35.4 Å². The van der Waals surface area contributed by atoms with Gasteiger partial charge in [-0.2, -0.15) is 5.10 Å². The molecule has 0 spiro atoms. The number of rotatable bonds is 4. The first-order valence-corrected chi connectivity index (χ1v) is 10.7. The first-order chi connectivity index (χ1) is 15.7. The smallest absolute Gasteiger partial charge is 0.180 e. The Kier molecular flexibility index (Phi) is 4.46. The van der Waals surface area contributed by atoms with Gasteiger partial charge in [0.25, 0.3) is 0 Å². The molecule has 1 aliphatic heterocycles. The second kappa shape index (κ2) is 7.61. The van der Waals surface area contributed by atoms with Gasteiger partial charge in [-0.05, 0) is 31.0 Å². The molecule has 0 unspecified atom stereocenters. The van der Waals surface area contributed by atoms with Crippen molar-refractivity contribution in [3.63, 3.8) is 0 Å². The topological polar surface area (TPSA) is 107 Å². The number of pyridine rings is 1. The number of aliphatic hydroxyl groups excluding tert-OH is 1. The standard InChI is InChI=1S/C23H22N8O/c32-18-2-1-8-30(13-18)21-6-5-17(12-25-21)27-22-23-24-7-9-31(23)14-20(28-22)15-3-4-16-11-26-29-19(16)10-15/h3-7,9-12,14,18,32H,1-2,8,13H2,(H,26,29)(H,27,28)/t18-/m1/s1. The van der Waals surface area contributed by atoms with Crippen molar-refractivity contribution >= 4 is 33.9 Å². The molecule has 0 bridgehead atoms. The Morgan fingerprint density at radius 3 is 2.97 bits per heavy atom. The van der Waals surface area contributed by atoms with Crippen molar-refractivity contribution in [1.82, 2.24) is 29.5 Å². The Morgan fingerprint density at radius 1 is 1.12 bits per heavy atom. The number of hydrogen-bond donors (Lipinski definition) is 3. The molecule has 0 saturated carbocycles. The van der Waals surface area contributed by atoms with Crippen LogP contribution in [0.1, 0.15) is 12.8 Å². The Morgan fingerprint density at radius 2 is 2.09 bits per heavy atom. The summed E-state index contributed by atoms with van der Waals surface area (Å²) in [5.74, 6) is 1.52. The largest absolute Gasteiger partial charge is 0.391 e. The minimum Gasteiger partial charge on any atom is -0.391 e. The number of benzene rings is 1. The molecule has 32 heavy (non-hydrogen) atoms. The number of H-pyrrole nitrogens is 1. The molecule has 1 fully saturated rings. The Balaban J connectivity index is 1.32. The number of aliphatic hydroxyl groups is 1. The molecular formula is C23H22N8O. The molecule has 160 valence electrons. The highest BCUT2D eigenvalue weighted by molar-refractivity contribution is 5.84. The summed E-state index contributed by atoms with van der Waals surface area (Å²) in [5, 5.41) is 21.5. The van der Waals surface area contributed by atoms with E-state index in [4.69, 9.17) is 4.98 Å². The van der Waals surface area contributed by atoms with Crippen LogP contribution in [0.25, 0.3) is 27.8 Å². The van der Waals surface area contributed by atoms with E-state index < -0.39 is 0 Å². The molecule has 0 aliphatic carbocycles. The highest BCUT2D eigenvalue weighted by Crippen LogP contribution is 2.27. The molecule has 1 aromatic carbocycles. The van der Waals surface area contributed by atoms with Gasteiger partial charge >= 0.3 is 0 Å². The number of aromatic nitrogens is 6. The summed E-state index contributed by atoms with van der Waals surface area (Å²) in [6.45, 7) is 1.54. The Hall–Kier alpha value is -3.98. The van der Waals surface area contributed by atoms with Crippen molar-refractivity contribution in [2.75, 3.05) is 23.3 Å². The molecule has 9 nitrogen and oxygen atoms in total. The van der Waals surface area contributed by atoms with E-state index >= 15 is 0 Å². The van der Waals surface area contributed by atoms with E-state index in [0.717, 1.165) is 58.7 Å². The number of aromatic amines is 1. The molecule has 0 radical (unpaired) electrons. The van der Waals surface area contributed by atoms with Gasteiger partial charge < -0.3 is 19.7 Å². The zero-order valence-electron chi connectivity index (χ0n) is 17.3. The molecule has 5 aromatic rings. The van der Waals surface area contributed by atoms with Crippen LogP contribution in [-0.4, -0.2) is 53.9 Å². The number of imidazole rings is 1. The molecular weight excluding hydrogens is 404 g/mol. The van der Waals surface area contributed by atoms with Crippen LogP contribution in [0.3, 0.4) is 0 Å². The molecule has 4 aromatic heterocycles. The van der Waals surface area contributed by atoms with Crippen LogP contribution in [0.15, 0.2) is 61.3 Å². The minimum absolute atomic E-state index is 0.287. The lowest BCUT2D eigenvalue weighted by atomic mass is 10.1. The van der Waals surface area contributed by atoms with Gasteiger partial charge in [0.2, 0.25) is 0 Å². The van der Waals surface area contributed by atoms with Crippen LogP contribution < -0.4 is 10.2 Å². The van der Waals surface area contributed by atoms with Gasteiger partial charge in [-0.25, -0.2) is 15.0 Å². The number of nitrogens with zero attached hydrogens (tertiary/aromatic N) is 6. The van der Waals surface area contributed by atoms with Crippen molar-refractivity contribution in [2.24, 2.45) is 0 Å². The maximum absolute atomic E-state index is 9.93. The lowest BCUT2D eigenvalue weighted by Gasteiger charge is -2.31. The molecule has 9 heteroatoms. The molecule has 1 atom stereocenters. The van der Waals surface area contributed by atoms with Crippen LogP contribution in [0.2, 0.25) is 0 Å². The van der Waals surface area contributed by atoms with Crippen LogP contribution in [0.5, 0.6) is 0 Å². The highest BCUT2D eigenvalue weighted by Gasteiger charge is 2.19. The quantitative estimate of drug-likeness (QED) is 0.404. The zero-order valence-corrected chi connectivity index (χ0v) is 17.3. The fourth-order valence-corrected chi connectivity index (χ4v) is 4.20. The van der Waals surface area contributed by atoms with E-state index in [2.05, 4.69) is 30.4 Å². The minimum atomic E-state index is -0.287. The SMILES string of the molecule is O[C@@H]1CCCN(c2ccc(Nc3nc(-c4ccc5cn[nH]c5c4)cn4ccnc34)cn2)C1. The summed E-state index contributed by atoms with van der Waals surface area (Å²) in [6.07, 6.45) is 10.8. The van der Waals surface area contributed by atoms with E-state index in [-0.39, 0.29) is 6.10 Å². The van der Waals surface area contributed by atoms with Gasteiger partial charge in [-0.3, -0.25) is 5.10 Å². The summed E-state index contributed by atoms with van der Waals surface area (Å²) in [7, 11) is 0. The van der Waals surface area contributed by atoms with Crippen LogP contribution in [0.4, 0.5) is 17.3 Å². The van der Waals surface area contributed by atoms with E-state index in [1.807, 2.05) is 47.1 Å². The molecule has 1 saturated heterocycles. The van der Waals surface area contributed by atoms with Crippen molar-refractivity contribution < 1.29 is 5.11 Å². The molecule has 1 aliphatic rings. The second-order valence-corrected chi connectivity index (χ2v) is 8.08. The fraction of sp³-hybridized carbons (Fsp3) is 0.217. The maximum Gasteiger partial charge on any atom is 0.180 e. The van der Waals surface area contributed by atoms with E-state index in [1.54, 1.807) is 18.6 Å². The number of hydrogen-bond acceptors (Lipinski definition) is 7. The van der Waals surface area contributed by atoms with E-state index in [0.29, 0.717) is 12.4 Å². The average molecular weight is 426 g/mol. The third-order valence-corrected chi connectivity index (χ3v) is 5.84. The maximum atomic E-state index is 9.93. The van der Waals surface area contributed by atoms with Crippen molar-refractivity contribution in [1.29, 1.82) is 0 Å². The van der Waals surface area contributed by atoms with E-state index in [1.165, 1.54) is 0 Å². The van der Waals surface area contributed by atoms with Crippen LogP contribution in [-0.2, 0) is 0 Å². The van der Waals surface area contributed by atoms with Crippen LogP contribution in [0, 0.1) is 0 Å². The summed E-state index contributed by atoms with van der Waals surface area (Å²) in [6, 6.07) is 10.1. The average Bonchev–Trinajstić information content (AvgIpc) is 3.48. The Labute approximate surface area is 183 Å². The first kappa shape index (κ1) is 18.8. The highest BCUT2D eigenvalue weighted by atomic mass is 16.3. The molecule has 5 heterocycles. The first-order valence-electron chi connectivity index (χ1n) is 10.7. The van der Waals surface area contributed by atoms with E-state index in [9.17, 15) is 5.11 Å². The lowest BCUT2D eigenvalue weighted by molar-refractivity contribution is 0.154. The molecule has 6 rings (SSSR count). The van der Waals surface area contributed by atoms with Gasteiger partial charge in [0.15, 0.2) is 11.5 Å². The molecule has 0 amide bonds. The summed E-state index contributed by atoms with van der Waals surface area (Å²) in [4.78, 5) is 16.0. The molecule has 3 N–H and O–H groups in total. The number of fused-ring (bicyclic) bond motifs is 2. The number of piperidine rings is 1. The predicted octanol–water partition coefficient (Wildman–Crippen LogP) is 3.37. The zero-order chi connectivity index (χ0) is 21.5. The number of anilines is 3. The van der Waals surface area contributed by atoms with Crippen molar-refractivity contribution in [3.8, 4) is 11.3 Å². The van der Waals surface area contributed by atoms with Gasteiger partial charge in [-0.1, -0.05) is 12.1 Å². The van der Waals surface area contributed by atoms with Gasteiger partial charge in [0.1, 0.15) is 5.82 Å². The van der Waals surface area contributed by atoms with Crippen LogP contribution >= 0.6 is 0 Å². The fourth-order valence-electron chi connectivity index (χ4n) is 4.20. The normalized spacial score (nSPS) is 16.7. The van der Waals surface area contributed by atoms with Crippen molar-refractivity contribution in [3.05, 3.63) is 61.3 Å². The Bertz CT molecular complexity index is 1390. The lowest BCUT2D eigenvalue weighted by Crippen LogP contribution is -2.38. The monoisotopic (exact) mass is 426 g/mol. The summed E-state index contributed by atoms with van der Waals surface area (Å²) >= 11 is 0. The van der Waals surface area contributed by atoms with Gasteiger partial charge in [-0.15, -0.1) is 0 Å². The third-order valence-electron chi connectivity index (χ3n) is 5.84. The number of nitrogens with one attached hydrogen (secondary N) is 2. The summed E-state index contributed by atoms with van der Waals surface area (Å²) in [5.41, 5.74) is 4.33.